The normalized spacial score (nSPS) is 13.9. The van der Waals surface area contributed by atoms with Crippen molar-refractivity contribution in [3.05, 3.63) is 74.4 Å². The minimum atomic E-state index is -4.60. The first-order valence-electron chi connectivity index (χ1n) is 10.3. The van der Waals surface area contributed by atoms with Crippen LogP contribution in [0.15, 0.2) is 42.5 Å². The molecule has 2 heterocycles. The molecule has 34 heavy (non-hydrogen) atoms. The van der Waals surface area contributed by atoms with Gasteiger partial charge >= 0.3 is 6.18 Å². The van der Waals surface area contributed by atoms with Crippen LogP contribution in [0.4, 0.5) is 30.4 Å². The van der Waals surface area contributed by atoms with Gasteiger partial charge in [0.1, 0.15) is 11.5 Å². The predicted molar refractivity (Wildman–Crippen MR) is 121 cm³/mol. The van der Waals surface area contributed by atoms with E-state index in [-0.39, 0.29) is 27.8 Å². The maximum Gasteiger partial charge on any atom is 0.416 e. The Labute approximate surface area is 197 Å². The molecule has 1 N–H and O–H groups in total. The van der Waals surface area contributed by atoms with Crippen molar-refractivity contribution in [3.63, 3.8) is 0 Å². The summed E-state index contributed by atoms with van der Waals surface area (Å²) in [5, 5.41) is 18.4. The molecule has 1 fully saturated rings. The molecule has 4 rings (SSSR count). The standard InChI is InChI=1S/C22H19ClF3N5O3/c1-13-10-20(30(28-13)18-12-15(22(24,25)26)5-6-16(18)23)27-21(32)14-4-7-17(19(11-14)31(33)34)29-8-2-3-9-29/h4-7,10-12H,2-3,8-9H2,1H3,(H,27,32). The summed E-state index contributed by atoms with van der Waals surface area (Å²) in [6.45, 7) is 2.99. The number of aryl methyl sites for hydroxylation is 1. The number of carbonyl (C=O) groups is 1. The Morgan fingerprint density at radius 1 is 1.12 bits per heavy atom. The highest BCUT2D eigenvalue weighted by atomic mass is 35.5. The number of nitro benzene ring substituents is 1. The van der Waals surface area contributed by atoms with E-state index >= 15 is 0 Å². The first-order chi connectivity index (χ1) is 16.0. The number of hydrogen-bond donors (Lipinski definition) is 1. The van der Waals surface area contributed by atoms with Crippen LogP contribution in [-0.4, -0.2) is 33.7 Å². The molecule has 2 aromatic carbocycles. The molecule has 12 heteroatoms. The van der Waals surface area contributed by atoms with E-state index in [1.54, 1.807) is 6.92 Å². The Hall–Kier alpha value is -3.60. The lowest BCUT2D eigenvalue weighted by Crippen LogP contribution is -2.20. The topological polar surface area (TPSA) is 93.3 Å². The number of alkyl halides is 3. The SMILES string of the molecule is Cc1cc(NC(=O)c2ccc(N3CCCC3)c([N+](=O)[O-])c2)n(-c2cc(C(F)(F)F)ccc2Cl)n1. The summed E-state index contributed by atoms with van der Waals surface area (Å²) in [7, 11) is 0. The molecule has 0 atom stereocenters. The maximum atomic E-state index is 13.2. The summed E-state index contributed by atoms with van der Waals surface area (Å²) in [4.78, 5) is 25.9. The molecule has 1 aliphatic rings. The quantitative estimate of drug-likeness (QED) is 0.368. The number of carbonyl (C=O) groups excluding carboxylic acids is 1. The van der Waals surface area contributed by atoms with Crippen LogP contribution < -0.4 is 10.2 Å². The molecule has 0 bridgehead atoms. The molecule has 1 amide bonds. The van der Waals surface area contributed by atoms with Gasteiger partial charge in [0.25, 0.3) is 11.6 Å². The van der Waals surface area contributed by atoms with E-state index < -0.39 is 22.6 Å². The Bertz CT molecular complexity index is 1270. The van der Waals surface area contributed by atoms with Gasteiger partial charge in [-0.25, -0.2) is 4.68 Å². The van der Waals surface area contributed by atoms with E-state index in [1.165, 1.54) is 24.3 Å². The highest BCUT2D eigenvalue weighted by Crippen LogP contribution is 2.35. The largest absolute Gasteiger partial charge is 0.416 e. The molecule has 1 aliphatic heterocycles. The first kappa shape index (κ1) is 23.6. The van der Waals surface area contributed by atoms with Crippen molar-refractivity contribution in [2.75, 3.05) is 23.3 Å². The highest BCUT2D eigenvalue weighted by molar-refractivity contribution is 6.32. The second kappa shape index (κ2) is 8.98. The van der Waals surface area contributed by atoms with Crippen LogP contribution in [0.25, 0.3) is 5.69 Å². The Kier molecular flexibility index (Phi) is 6.22. The second-order valence-electron chi connectivity index (χ2n) is 7.86. The number of nitrogens with one attached hydrogen (secondary N) is 1. The monoisotopic (exact) mass is 493 g/mol. The molecular formula is C22H19ClF3N5O3. The highest BCUT2D eigenvalue weighted by Gasteiger charge is 2.31. The molecule has 1 aromatic heterocycles. The van der Waals surface area contributed by atoms with E-state index in [0.29, 0.717) is 24.5 Å². The van der Waals surface area contributed by atoms with Crippen molar-refractivity contribution in [3.8, 4) is 5.69 Å². The number of rotatable bonds is 5. The van der Waals surface area contributed by atoms with Gasteiger partial charge in [-0.1, -0.05) is 11.6 Å². The van der Waals surface area contributed by atoms with E-state index in [9.17, 15) is 28.1 Å². The fourth-order valence-corrected chi connectivity index (χ4v) is 4.05. The number of nitrogens with zero attached hydrogens (tertiary/aromatic N) is 4. The van der Waals surface area contributed by atoms with Crippen LogP contribution in [0.1, 0.15) is 34.5 Å². The van der Waals surface area contributed by atoms with Crippen LogP contribution in [0.2, 0.25) is 5.02 Å². The van der Waals surface area contributed by atoms with Crippen LogP contribution >= 0.6 is 11.6 Å². The molecule has 0 radical (unpaired) electrons. The van der Waals surface area contributed by atoms with E-state index in [4.69, 9.17) is 11.6 Å². The van der Waals surface area contributed by atoms with Crippen molar-refractivity contribution in [2.45, 2.75) is 25.9 Å². The Balaban J connectivity index is 1.67. The van der Waals surface area contributed by atoms with Gasteiger partial charge in [0.05, 0.1) is 26.9 Å². The van der Waals surface area contributed by atoms with Gasteiger partial charge in [-0.05, 0) is 50.1 Å². The van der Waals surface area contributed by atoms with Crippen LogP contribution in [0.3, 0.4) is 0 Å². The van der Waals surface area contributed by atoms with Crippen molar-refractivity contribution in [1.82, 2.24) is 9.78 Å². The summed E-state index contributed by atoms with van der Waals surface area (Å²) >= 11 is 6.13. The van der Waals surface area contributed by atoms with Crippen LogP contribution in [0, 0.1) is 17.0 Å². The minimum Gasteiger partial charge on any atom is -0.366 e. The van der Waals surface area contributed by atoms with Crippen LogP contribution in [-0.2, 0) is 6.18 Å². The first-order valence-corrected chi connectivity index (χ1v) is 10.7. The van der Waals surface area contributed by atoms with Crippen molar-refractivity contribution in [2.24, 2.45) is 0 Å². The summed E-state index contributed by atoms with van der Waals surface area (Å²) in [6, 6.07) is 8.44. The zero-order chi connectivity index (χ0) is 24.6. The molecule has 0 unspecified atom stereocenters. The molecule has 0 aliphatic carbocycles. The third-order valence-electron chi connectivity index (χ3n) is 5.46. The van der Waals surface area contributed by atoms with Crippen LogP contribution in [0.5, 0.6) is 0 Å². The number of benzene rings is 2. The number of amides is 1. The number of halogens is 4. The molecule has 178 valence electrons. The number of nitro groups is 1. The smallest absolute Gasteiger partial charge is 0.366 e. The fraction of sp³-hybridized carbons (Fsp3) is 0.273. The average molecular weight is 494 g/mol. The average Bonchev–Trinajstić information content (AvgIpc) is 3.42. The number of anilines is 2. The van der Waals surface area contributed by atoms with E-state index in [2.05, 4.69) is 10.4 Å². The fourth-order valence-electron chi connectivity index (χ4n) is 3.85. The van der Waals surface area contributed by atoms with Gasteiger partial charge in [-0.3, -0.25) is 14.9 Å². The van der Waals surface area contributed by atoms with Gasteiger partial charge < -0.3 is 10.2 Å². The summed E-state index contributed by atoms with van der Waals surface area (Å²) in [5.41, 5.74) is -0.314. The predicted octanol–water partition coefficient (Wildman–Crippen LogP) is 5.61. The van der Waals surface area contributed by atoms with Crippen molar-refractivity contribution >= 4 is 34.7 Å². The van der Waals surface area contributed by atoms with Crippen molar-refractivity contribution < 1.29 is 22.9 Å². The number of aromatic nitrogens is 2. The summed E-state index contributed by atoms with van der Waals surface area (Å²) in [6.07, 6.45) is -2.73. The zero-order valence-electron chi connectivity index (χ0n) is 17.9. The second-order valence-corrected chi connectivity index (χ2v) is 8.26. The number of hydrogen-bond acceptors (Lipinski definition) is 5. The molecule has 0 saturated carbocycles. The zero-order valence-corrected chi connectivity index (χ0v) is 18.7. The van der Waals surface area contributed by atoms with E-state index in [1.807, 2.05) is 4.90 Å². The lowest BCUT2D eigenvalue weighted by molar-refractivity contribution is -0.384. The molecular weight excluding hydrogens is 475 g/mol. The maximum absolute atomic E-state index is 13.2. The van der Waals surface area contributed by atoms with E-state index in [0.717, 1.165) is 35.7 Å². The summed E-state index contributed by atoms with van der Waals surface area (Å²) < 4.78 is 40.7. The summed E-state index contributed by atoms with van der Waals surface area (Å²) in [5.74, 6) is -0.615. The molecule has 0 spiro atoms. The van der Waals surface area contributed by atoms with Gasteiger partial charge in [0, 0.05) is 30.8 Å². The third-order valence-corrected chi connectivity index (χ3v) is 5.78. The van der Waals surface area contributed by atoms with Gasteiger partial charge in [0.15, 0.2) is 0 Å². The van der Waals surface area contributed by atoms with Gasteiger partial charge in [-0.2, -0.15) is 18.3 Å². The lowest BCUT2D eigenvalue weighted by atomic mass is 10.1. The molecule has 3 aromatic rings. The van der Waals surface area contributed by atoms with Gasteiger partial charge in [-0.15, -0.1) is 0 Å². The molecule has 8 nitrogen and oxygen atoms in total. The Morgan fingerprint density at radius 2 is 1.82 bits per heavy atom. The van der Waals surface area contributed by atoms with Crippen molar-refractivity contribution in [1.29, 1.82) is 0 Å². The lowest BCUT2D eigenvalue weighted by Gasteiger charge is -2.18. The minimum absolute atomic E-state index is 0.00259. The third kappa shape index (κ3) is 4.69. The Morgan fingerprint density at radius 3 is 2.47 bits per heavy atom. The van der Waals surface area contributed by atoms with Gasteiger partial charge in [0.2, 0.25) is 0 Å². The molecule has 1 saturated heterocycles.